The molecule has 0 saturated heterocycles. The van der Waals surface area contributed by atoms with Crippen molar-refractivity contribution in [3.8, 4) is 0 Å². The van der Waals surface area contributed by atoms with Crippen molar-refractivity contribution in [2.24, 2.45) is 13.0 Å². The van der Waals surface area contributed by atoms with Gasteiger partial charge in [-0.05, 0) is 25.3 Å². The van der Waals surface area contributed by atoms with Crippen LogP contribution >= 0.6 is 23.2 Å². The van der Waals surface area contributed by atoms with E-state index in [0.717, 1.165) is 5.69 Å². The van der Waals surface area contributed by atoms with Crippen molar-refractivity contribution in [3.63, 3.8) is 0 Å². The van der Waals surface area contributed by atoms with Crippen LogP contribution in [0.2, 0.25) is 10.2 Å². The first-order chi connectivity index (χ1) is 9.31. The van der Waals surface area contributed by atoms with E-state index in [9.17, 15) is 9.90 Å². The highest BCUT2D eigenvalue weighted by molar-refractivity contribution is 6.41. The summed E-state index contributed by atoms with van der Waals surface area (Å²) in [6.07, 6.45) is 0.297. The molecule has 0 aliphatic rings. The summed E-state index contributed by atoms with van der Waals surface area (Å²) < 4.78 is 1.72. The normalized spacial score (nSPS) is 13.9. The third kappa shape index (κ3) is 5.23. The Kier molecular flexibility index (Phi) is 6.65. The molecular weight excluding hydrogens is 301 g/mol. The highest BCUT2D eigenvalue weighted by Gasteiger charge is 2.11. The Labute approximate surface area is 129 Å². The van der Waals surface area contributed by atoms with Gasteiger partial charge in [0.15, 0.2) is 0 Å². The second-order valence-electron chi connectivity index (χ2n) is 5.09. The summed E-state index contributed by atoms with van der Waals surface area (Å²) in [5.41, 5.74) is 0.826. The van der Waals surface area contributed by atoms with E-state index in [1.165, 1.54) is 0 Å². The molecule has 0 aliphatic heterocycles. The van der Waals surface area contributed by atoms with E-state index in [1.807, 2.05) is 6.92 Å². The molecule has 20 heavy (non-hydrogen) atoms. The van der Waals surface area contributed by atoms with Gasteiger partial charge in [-0.2, -0.15) is 0 Å². The molecule has 1 heterocycles. The van der Waals surface area contributed by atoms with Crippen molar-refractivity contribution in [3.05, 3.63) is 21.9 Å². The van der Waals surface area contributed by atoms with Gasteiger partial charge in [-0.15, -0.1) is 0 Å². The lowest BCUT2D eigenvalue weighted by molar-refractivity contribution is 0.163. The number of nitrogens with zero attached hydrogens (tertiary/aromatic N) is 1. The molecule has 1 aromatic rings. The van der Waals surface area contributed by atoms with Crippen LogP contribution < -0.4 is 10.6 Å². The molecule has 0 aromatic carbocycles. The van der Waals surface area contributed by atoms with Crippen molar-refractivity contribution in [1.82, 2.24) is 15.2 Å². The Morgan fingerprint density at radius 1 is 1.40 bits per heavy atom. The number of halogens is 2. The fourth-order valence-electron chi connectivity index (χ4n) is 1.92. The number of carbonyl (C=O) groups is 1. The summed E-state index contributed by atoms with van der Waals surface area (Å²) >= 11 is 11.8. The van der Waals surface area contributed by atoms with Crippen LogP contribution in [0, 0.1) is 5.92 Å². The summed E-state index contributed by atoms with van der Waals surface area (Å²) in [7, 11) is 1.79. The Balaban J connectivity index is 2.35. The van der Waals surface area contributed by atoms with Crippen LogP contribution in [0.15, 0.2) is 6.07 Å². The van der Waals surface area contributed by atoms with E-state index in [-0.39, 0.29) is 18.1 Å². The molecule has 2 atom stereocenters. The van der Waals surface area contributed by atoms with Gasteiger partial charge >= 0.3 is 6.03 Å². The first kappa shape index (κ1) is 17.1. The van der Waals surface area contributed by atoms with Gasteiger partial charge in [-0.25, -0.2) is 4.79 Å². The lowest BCUT2D eigenvalue weighted by Gasteiger charge is -2.14. The number of aliphatic hydroxyl groups excluding tert-OH is 1. The predicted octanol–water partition coefficient (Wildman–Crippen LogP) is 2.54. The van der Waals surface area contributed by atoms with Crippen molar-refractivity contribution >= 4 is 29.2 Å². The van der Waals surface area contributed by atoms with Gasteiger partial charge in [0.2, 0.25) is 0 Å². The zero-order valence-corrected chi connectivity index (χ0v) is 13.4. The Bertz CT molecular complexity index is 461. The summed E-state index contributed by atoms with van der Waals surface area (Å²) in [6.45, 7) is 4.58. The maximum atomic E-state index is 11.6. The number of hydrogen-bond donors (Lipinski definition) is 3. The monoisotopic (exact) mass is 321 g/mol. The van der Waals surface area contributed by atoms with Crippen molar-refractivity contribution in [2.45, 2.75) is 32.9 Å². The van der Waals surface area contributed by atoms with E-state index < -0.39 is 0 Å². The maximum absolute atomic E-state index is 11.6. The lowest BCUT2D eigenvalue weighted by Crippen LogP contribution is -2.38. The molecule has 1 aromatic heterocycles. The molecule has 0 bridgehead atoms. The molecule has 114 valence electrons. The number of hydrogen-bond acceptors (Lipinski definition) is 2. The summed E-state index contributed by atoms with van der Waals surface area (Å²) in [5.74, 6) is 0.222. The minimum atomic E-state index is -0.359. The van der Waals surface area contributed by atoms with Crippen LogP contribution in [-0.4, -0.2) is 28.4 Å². The second-order valence-corrected chi connectivity index (χ2v) is 5.85. The fraction of sp³-hybridized carbons (Fsp3) is 0.615. The zero-order valence-electron chi connectivity index (χ0n) is 11.9. The largest absolute Gasteiger partial charge is 0.393 e. The maximum Gasteiger partial charge on any atom is 0.315 e. The van der Waals surface area contributed by atoms with E-state index >= 15 is 0 Å². The van der Waals surface area contributed by atoms with Gasteiger partial charge in [0.05, 0.1) is 17.7 Å². The minimum Gasteiger partial charge on any atom is -0.393 e. The van der Waals surface area contributed by atoms with Gasteiger partial charge < -0.3 is 20.3 Å². The highest BCUT2D eigenvalue weighted by atomic mass is 35.5. The number of urea groups is 1. The third-order valence-electron chi connectivity index (χ3n) is 3.00. The molecule has 0 radical (unpaired) electrons. The highest BCUT2D eigenvalue weighted by Crippen LogP contribution is 2.24. The number of aromatic nitrogens is 1. The molecule has 0 spiro atoms. The number of carbonyl (C=O) groups excluding carboxylic acids is 1. The van der Waals surface area contributed by atoms with E-state index in [0.29, 0.717) is 29.7 Å². The van der Waals surface area contributed by atoms with Crippen LogP contribution in [-0.2, 0) is 13.6 Å². The molecule has 0 aliphatic carbocycles. The lowest BCUT2D eigenvalue weighted by atomic mass is 10.1. The van der Waals surface area contributed by atoms with E-state index in [2.05, 4.69) is 10.6 Å². The molecular formula is C13H21Cl2N3O2. The summed E-state index contributed by atoms with van der Waals surface area (Å²) in [4.78, 5) is 11.6. The quantitative estimate of drug-likeness (QED) is 0.753. The van der Waals surface area contributed by atoms with E-state index in [4.69, 9.17) is 23.2 Å². The molecule has 1 rings (SSSR count). The standard InChI is InChI=1S/C13H21Cl2N3O2/c1-8(4-9(2)19)6-16-13(20)17-7-10-5-11(14)12(15)18(10)3/h5,8-9,19H,4,6-7H2,1-3H3,(H2,16,17,20). The number of aliphatic hydroxyl groups is 1. The molecule has 5 nitrogen and oxygen atoms in total. The van der Waals surface area contributed by atoms with Crippen molar-refractivity contribution in [2.75, 3.05) is 6.54 Å². The summed E-state index contributed by atoms with van der Waals surface area (Å²) in [6, 6.07) is 1.47. The third-order valence-corrected chi connectivity index (χ3v) is 3.84. The van der Waals surface area contributed by atoms with E-state index in [1.54, 1.807) is 24.6 Å². The van der Waals surface area contributed by atoms with Crippen LogP contribution in [0.5, 0.6) is 0 Å². The minimum absolute atomic E-state index is 0.222. The molecule has 3 N–H and O–H groups in total. The predicted molar refractivity (Wildman–Crippen MR) is 81.1 cm³/mol. The first-order valence-electron chi connectivity index (χ1n) is 6.50. The van der Waals surface area contributed by atoms with Gasteiger partial charge in [0.1, 0.15) is 5.15 Å². The molecule has 0 fully saturated rings. The average Bonchev–Trinajstić information content (AvgIpc) is 2.60. The van der Waals surface area contributed by atoms with Crippen molar-refractivity contribution in [1.29, 1.82) is 0 Å². The smallest absolute Gasteiger partial charge is 0.315 e. The van der Waals surface area contributed by atoms with Crippen LogP contribution in [0.1, 0.15) is 26.0 Å². The molecule has 2 amide bonds. The van der Waals surface area contributed by atoms with Crippen molar-refractivity contribution < 1.29 is 9.90 Å². The molecule has 7 heteroatoms. The Hall–Kier alpha value is -0.910. The number of amides is 2. The van der Waals surface area contributed by atoms with Crippen LogP contribution in [0.4, 0.5) is 4.79 Å². The van der Waals surface area contributed by atoms with Gasteiger partial charge in [0, 0.05) is 19.3 Å². The first-order valence-corrected chi connectivity index (χ1v) is 7.26. The Morgan fingerprint density at radius 3 is 2.55 bits per heavy atom. The topological polar surface area (TPSA) is 66.3 Å². The van der Waals surface area contributed by atoms with Gasteiger partial charge in [-0.1, -0.05) is 30.1 Å². The fourth-order valence-corrected chi connectivity index (χ4v) is 2.34. The summed E-state index contributed by atoms with van der Waals surface area (Å²) in [5, 5.41) is 15.7. The molecule has 0 saturated carbocycles. The number of rotatable bonds is 6. The van der Waals surface area contributed by atoms with Gasteiger partial charge in [0.25, 0.3) is 0 Å². The zero-order chi connectivity index (χ0) is 15.3. The molecule has 2 unspecified atom stereocenters. The number of nitrogens with one attached hydrogen (secondary N) is 2. The van der Waals surface area contributed by atoms with Crippen LogP contribution in [0.3, 0.4) is 0 Å². The average molecular weight is 322 g/mol. The van der Waals surface area contributed by atoms with Gasteiger partial charge in [-0.3, -0.25) is 0 Å². The van der Waals surface area contributed by atoms with Crippen LogP contribution in [0.25, 0.3) is 0 Å². The SMILES string of the molecule is CC(O)CC(C)CNC(=O)NCc1cc(Cl)c(Cl)n1C. The second kappa shape index (κ2) is 7.76. The Morgan fingerprint density at radius 2 is 2.05 bits per heavy atom.